The van der Waals surface area contributed by atoms with E-state index in [1.54, 1.807) is 30.2 Å². The molecule has 1 heterocycles. The second-order valence-electron chi connectivity index (χ2n) is 5.85. The number of para-hydroxylation sites is 1. The summed E-state index contributed by atoms with van der Waals surface area (Å²) < 4.78 is 6.90. The smallest absolute Gasteiger partial charge is 0.263 e. The maximum Gasteiger partial charge on any atom is 0.263 e. The van der Waals surface area contributed by atoms with Crippen LogP contribution in [0.5, 0.6) is 5.75 Å². The molecule has 3 aromatic rings. The van der Waals surface area contributed by atoms with Crippen molar-refractivity contribution in [1.29, 1.82) is 0 Å². The first kappa shape index (κ1) is 16.5. The van der Waals surface area contributed by atoms with Crippen molar-refractivity contribution in [2.24, 2.45) is 0 Å². The molecule has 0 N–H and O–H groups in total. The molecule has 3 rings (SSSR count). The third-order valence-corrected chi connectivity index (χ3v) is 4.76. The summed E-state index contributed by atoms with van der Waals surface area (Å²) in [6.07, 6.45) is -0.536. The van der Waals surface area contributed by atoms with E-state index in [1.807, 2.05) is 55.5 Å². The second-order valence-corrected chi connectivity index (χ2v) is 6.96. The number of thiazole rings is 1. The normalized spacial score (nSPS) is 12.1. The van der Waals surface area contributed by atoms with Crippen LogP contribution in [0.4, 0.5) is 0 Å². The first-order chi connectivity index (χ1) is 11.5. The average Bonchev–Trinajstić information content (AvgIpc) is 2.96. The molecule has 24 heavy (non-hydrogen) atoms. The summed E-state index contributed by atoms with van der Waals surface area (Å²) in [5.41, 5.74) is 2.08. The number of carbonyl (C=O) groups is 1. The summed E-state index contributed by atoms with van der Waals surface area (Å²) in [5.74, 6) is 0.653. The number of fused-ring (bicyclic) bond motifs is 1. The van der Waals surface area contributed by atoms with Crippen LogP contribution in [0.25, 0.3) is 10.2 Å². The van der Waals surface area contributed by atoms with Gasteiger partial charge in [0.25, 0.3) is 5.91 Å². The molecule has 5 heteroatoms. The molecule has 1 amide bonds. The molecule has 124 valence electrons. The first-order valence-electron chi connectivity index (χ1n) is 7.85. The van der Waals surface area contributed by atoms with E-state index >= 15 is 0 Å². The Kier molecular flexibility index (Phi) is 4.81. The number of hydrogen-bond acceptors (Lipinski definition) is 4. The van der Waals surface area contributed by atoms with Crippen LogP contribution in [0.15, 0.2) is 48.5 Å². The highest BCUT2D eigenvalue weighted by molar-refractivity contribution is 7.18. The van der Waals surface area contributed by atoms with Gasteiger partial charge in [-0.15, -0.1) is 11.3 Å². The van der Waals surface area contributed by atoms with Crippen LogP contribution in [-0.4, -0.2) is 28.9 Å². The highest BCUT2D eigenvalue weighted by Gasteiger charge is 2.20. The van der Waals surface area contributed by atoms with Crippen LogP contribution in [0, 0.1) is 6.92 Å². The molecule has 1 aromatic heterocycles. The molecular weight excluding hydrogens is 320 g/mol. The van der Waals surface area contributed by atoms with Crippen molar-refractivity contribution >= 4 is 27.5 Å². The van der Waals surface area contributed by atoms with Gasteiger partial charge in [-0.3, -0.25) is 4.79 Å². The Morgan fingerprint density at radius 3 is 2.79 bits per heavy atom. The molecule has 0 aliphatic carbocycles. The Hall–Kier alpha value is -2.40. The SMILES string of the molecule is Cc1cccc(OC(C)C(=O)N(C)Cc2nc3ccccc3s2)c1. The van der Waals surface area contributed by atoms with Crippen LogP contribution in [0.3, 0.4) is 0 Å². The predicted molar refractivity (Wildman–Crippen MR) is 97.4 cm³/mol. The zero-order valence-electron chi connectivity index (χ0n) is 14.0. The molecule has 1 unspecified atom stereocenters. The van der Waals surface area contributed by atoms with Gasteiger partial charge >= 0.3 is 0 Å². The molecule has 0 bridgehead atoms. The van der Waals surface area contributed by atoms with Gasteiger partial charge in [0.15, 0.2) is 6.10 Å². The average molecular weight is 340 g/mol. The Morgan fingerprint density at radius 1 is 1.25 bits per heavy atom. The summed E-state index contributed by atoms with van der Waals surface area (Å²) >= 11 is 1.61. The van der Waals surface area contributed by atoms with E-state index in [0.29, 0.717) is 12.3 Å². The van der Waals surface area contributed by atoms with Gasteiger partial charge in [-0.05, 0) is 43.7 Å². The van der Waals surface area contributed by atoms with Crippen molar-refractivity contribution in [3.05, 3.63) is 59.1 Å². The maximum atomic E-state index is 12.5. The first-order valence-corrected chi connectivity index (χ1v) is 8.67. The van der Waals surface area contributed by atoms with Crippen LogP contribution in [0.2, 0.25) is 0 Å². The van der Waals surface area contributed by atoms with Crippen LogP contribution in [0.1, 0.15) is 17.5 Å². The van der Waals surface area contributed by atoms with E-state index in [0.717, 1.165) is 20.8 Å². The van der Waals surface area contributed by atoms with E-state index < -0.39 is 6.10 Å². The van der Waals surface area contributed by atoms with Crippen LogP contribution < -0.4 is 4.74 Å². The van der Waals surface area contributed by atoms with E-state index in [2.05, 4.69) is 4.98 Å². The van der Waals surface area contributed by atoms with E-state index in [1.165, 1.54) is 0 Å². The molecule has 0 aliphatic heterocycles. The fraction of sp³-hybridized carbons (Fsp3) is 0.263. The number of hydrogen-bond donors (Lipinski definition) is 0. The van der Waals surface area contributed by atoms with Crippen molar-refractivity contribution in [2.45, 2.75) is 26.5 Å². The zero-order valence-corrected chi connectivity index (χ0v) is 14.8. The second kappa shape index (κ2) is 7.01. The largest absolute Gasteiger partial charge is 0.481 e. The van der Waals surface area contributed by atoms with Gasteiger partial charge in [-0.2, -0.15) is 0 Å². The highest BCUT2D eigenvalue weighted by atomic mass is 32.1. The van der Waals surface area contributed by atoms with Crippen molar-refractivity contribution in [1.82, 2.24) is 9.88 Å². The fourth-order valence-corrected chi connectivity index (χ4v) is 3.54. The molecule has 0 spiro atoms. The summed E-state index contributed by atoms with van der Waals surface area (Å²) in [6.45, 7) is 4.26. The molecular formula is C19H20N2O2S. The summed E-state index contributed by atoms with van der Waals surface area (Å²) in [6, 6.07) is 15.7. The van der Waals surface area contributed by atoms with E-state index in [4.69, 9.17) is 4.74 Å². The Balaban J connectivity index is 1.65. The third kappa shape index (κ3) is 3.74. The topological polar surface area (TPSA) is 42.4 Å². The monoisotopic (exact) mass is 340 g/mol. The number of carbonyl (C=O) groups excluding carboxylic acids is 1. The lowest BCUT2D eigenvalue weighted by atomic mass is 10.2. The number of likely N-dealkylation sites (N-methyl/N-ethyl adjacent to an activating group) is 1. The number of amides is 1. The van der Waals surface area contributed by atoms with Crippen molar-refractivity contribution in [3.8, 4) is 5.75 Å². The van der Waals surface area contributed by atoms with Crippen molar-refractivity contribution < 1.29 is 9.53 Å². The summed E-state index contributed by atoms with van der Waals surface area (Å²) in [7, 11) is 1.78. The third-order valence-electron chi connectivity index (χ3n) is 3.74. The van der Waals surface area contributed by atoms with Gasteiger partial charge in [-0.1, -0.05) is 24.3 Å². The molecule has 4 nitrogen and oxygen atoms in total. The minimum Gasteiger partial charge on any atom is -0.481 e. The molecule has 0 aliphatic rings. The molecule has 0 radical (unpaired) electrons. The van der Waals surface area contributed by atoms with Crippen LogP contribution >= 0.6 is 11.3 Å². The number of ether oxygens (including phenoxy) is 1. The predicted octanol–water partition coefficient (Wildman–Crippen LogP) is 4.03. The number of rotatable bonds is 5. The lowest BCUT2D eigenvalue weighted by Gasteiger charge is -2.21. The quantitative estimate of drug-likeness (QED) is 0.704. The minimum absolute atomic E-state index is 0.0595. The van der Waals surface area contributed by atoms with Gasteiger partial charge in [0.1, 0.15) is 10.8 Å². The number of aryl methyl sites for hydroxylation is 1. The van der Waals surface area contributed by atoms with E-state index in [9.17, 15) is 4.79 Å². The maximum absolute atomic E-state index is 12.5. The highest BCUT2D eigenvalue weighted by Crippen LogP contribution is 2.22. The Morgan fingerprint density at radius 2 is 2.04 bits per heavy atom. The lowest BCUT2D eigenvalue weighted by molar-refractivity contribution is -0.137. The summed E-state index contributed by atoms with van der Waals surface area (Å²) in [4.78, 5) is 18.8. The number of benzene rings is 2. The van der Waals surface area contributed by atoms with Crippen molar-refractivity contribution in [2.75, 3.05) is 7.05 Å². The van der Waals surface area contributed by atoms with Gasteiger partial charge in [0, 0.05) is 7.05 Å². The summed E-state index contributed by atoms with van der Waals surface area (Å²) in [5, 5.41) is 0.926. The molecule has 0 saturated carbocycles. The fourth-order valence-electron chi connectivity index (χ4n) is 2.52. The van der Waals surface area contributed by atoms with Gasteiger partial charge in [0.2, 0.25) is 0 Å². The van der Waals surface area contributed by atoms with E-state index in [-0.39, 0.29) is 5.91 Å². The zero-order chi connectivity index (χ0) is 17.1. The Labute approximate surface area is 145 Å². The lowest BCUT2D eigenvalue weighted by Crippen LogP contribution is -2.37. The van der Waals surface area contributed by atoms with Gasteiger partial charge < -0.3 is 9.64 Å². The molecule has 0 saturated heterocycles. The van der Waals surface area contributed by atoms with Gasteiger partial charge in [-0.25, -0.2) is 4.98 Å². The molecule has 1 atom stereocenters. The molecule has 2 aromatic carbocycles. The Bertz CT molecular complexity index is 826. The van der Waals surface area contributed by atoms with Crippen molar-refractivity contribution in [3.63, 3.8) is 0 Å². The van der Waals surface area contributed by atoms with Gasteiger partial charge in [0.05, 0.1) is 16.8 Å². The minimum atomic E-state index is -0.536. The van der Waals surface area contributed by atoms with Crippen LogP contribution in [-0.2, 0) is 11.3 Å². The number of nitrogens with zero attached hydrogens (tertiary/aromatic N) is 2. The standard InChI is InChI=1S/C19H20N2O2S/c1-13-7-6-8-15(11-13)23-14(2)19(22)21(3)12-18-20-16-9-4-5-10-17(16)24-18/h4-11,14H,12H2,1-3H3. The number of aromatic nitrogens is 1. The molecule has 0 fully saturated rings.